The van der Waals surface area contributed by atoms with Crippen molar-refractivity contribution in [1.29, 1.82) is 0 Å². The van der Waals surface area contributed by atoms with E-state index in [0.717, 1.165) is 54.2 Å². The Balaban J connectivity index is 0.793. The topological polar surface area (TPSA) is 330 Å². The average Bonchev–Trinajstić information content (AvgIpc) is 1.66. The number of nitrogens with zero attached hydrogens (tertiary/aromatic N) is 15. The number of hydrogen-bond donors (Lipinski definition) is 9. The summed E-state index contributed by atoms with van der Waals surface area (Å²) < 4.78 is 22.8. The molecule has 1 amide bonds. The number of aliphatic hydroxyl groups excluding tert-OH is 8. The molecule has 3 aromatic heterocycles. The van der Waals surface area contributed by atoms with Crippen LogP contribution in [0.1, 0.15) is 71.8 Å². The molecule has 11 unspecified atom stereocenters. The van der Waals surface area contributed by atoms with Gasteiger partial charge in [0.05, 0.1) is 86.4 Å². The van der Waals surface area contributed by atoms with Crippen LogP contribution in [-0.4, -0.2) is 214 Å². The predicted molar refractivity (Wildman–Crippen MR) is 296 cm³/mol. The van der Waals surface area contributed by atoms with Gasteiger partial charge in [-0.05, 0) is 51.5 Å². The molecule has 3 aromatic carbocycles. The van der Waals surface area contributed by atoms with Crippen molar-refractivity contribution >= 4 is 17.3 Å². The largest absolute Gasteiger partial charge is 0.456 e. The molecule has 5 aliphatic heterocycles. The maximum Gasteiger partial charge on any atom is 0.255 e. The van der Waals surface area contributed by atoms with Crippen LogP contribution in [-0.2, 0) is 53.5 Å². The van der Waals surface area contributed by atoms with Gasteiger partial charge in [0.1, 0.15) is 47.1 Å². The van der Waals surface area contributed by atoms with Gasteiger partial charge >= 0.3 is 0 Å². The molecule has 6 aliphatic rings. The van der Waals surface area contributed by atoms with Crippen LogP contribution >= 0.6 is 0 Å². The zero-order valence-electron chi connectivity index (χ0n) is 47.3. The van der Waals surface area contributed by atoms with Gasteiger partial charge in [0.15, 0.2) is 18.3 Å². The minimum atomic E-state index is -1.58. The second-order valence-electron chi connectivity index (χ2n) is 22.1. The first-order valence-corrected chi connectivity index (χ1v) is 28.5. The van der Waals surface area contributed by atoms with Crippen molar-refractivity contribution in [2.24, 2.45) is 11.8 Å². The maximum atomic E-state index is 15.0. The standard InChI is InChI=1S/C56H72N16O12/c1-6-66(7-2)36-14-16-40-43(20-36)82-44-21-37(67(8-3)9-4)15-17-41(44)55(40)39-13-11-10-12-38(39)52(79)70(55)27-34-26-69(62-58-34)19-18-68-25-32(57-61-68)22-65(24-35-28-71(64(5)60-35)47-51(78)49(76)45(31-74)83-54(47)81)23-33-29-72(63-59-33)56-42(30-73)48(75)50(77)46(56)53(80)84-56/h10-17,20-21,25-26,28-29,42,45-51,53-54,60,73-78,80-81H,6-9,18-19,22-24,27,30-31H2,1-5H3. The number of benzene rings is 3. The van der Waals surface area contributed by atoms with Crippen molar-refractivity contribution < 1.29 is 59.9 Å². The van der Waals surface area contributed by atoms with E-state index in [-0.39, 0.29) is 32.1 Å². The molecule has 12 rings (SSSR count). The smallest absolute Gasteiger partial charge is 0.255 e. The second kappa shape index (κ2) is 22.7. The minimum Gasteiger partial charge on any atom is -0.456 e. The molecule has 6 aromatic rings. The molecule has 0 radical (unpaired) electrons. The zero-order valence-corrected chi connectivity index (χ0v) is 47.3. The van der Waals surface area contributed by atoms with Crippen molar-refractivity contribution in [3.8, 4) is 11.5 Å². The molecule has 1 aliphatic carbocycles. The van der Waals surface area contributed by atoms with Crippen molar-refractivity contribution in [2.45, 2.75) is 121 Å². The normalized spacial score (nSPS) is 27.5. The number of aromatic nitrogens is 9. The molecule has 0 bridgehead atoms. The van der Waals surface area contributed by atoms with Crippen LogP contribution in [0.25, 0.3) is 0 Å². The monoisotopic (exact) mass is 1160 g/mol. The lowest BCUT2D eigenvalue weighted by Gasteiger charge is -2.50. The van der Waals surface area contributed by atoms with E-state index in [9.17, 15) is 40.9 Å². The summed E-state index contributed by atoms with van der Waals surface area (Å²) in [5.74, 6) is -0.812. The van der Waals surface area contributed by atoms with E-state index in [1.807, 2.05) is 40.3 Å². The first-order valence-electron chi connectivity index (χ1n) is 28.5. The SMILES string of the molecule is CCN(CC)c1ccc2c(c1)Oc1cc(N(CC)CC)ccc1C21c2ccccc2C(=O)N1Cc1cn(CCn2cc(CN(CC3=CN(C4C(O)OC(CO)C(O)C4O)N(C)N3)Cc3cn(C45OC(O)C4C(O)C(O)C5CO)nn3)nn2)nn1. The molecule has 11 atom stereocenters. The van der Waals surface area contributed by atoms with Gasteiger partial charge in [0.25, 0.3) is 5.91 Å². The summed E-state index contributed by atoms with van der Waals surface area (Å²) in [5.41, 5.74) is 7.88. The molecule has 8 heterocycles. The highest BCUT2D eigenvalue weighted by Crippen LogP contribution is 2.59. The third-order valence-corrected chi connectivity index (χ3v) is 17.6. The van der Waals surface area contributed by atoms with Gasteiger partial charge in [-0.25, -0.2) is 4.68 Å². The Morgan fingerprint density at radius 1 is 0.667 bits per heavy atom. The summed E-state index contributed by atoms with van der Waals surface area (Å²) >= 11 is 0. The number of carbonyl (C=O) groups is 1. The van der Waals surface area contributed by atoms with E-state index in [1.165, 1.54) is 14.8 Å². The molecule has 448 valence electrons. The molecular formula is C56H72N16O12. The van der Waals surface area contributed by atoms with Gasteiger partial charge in [0, 0.05) is 105 Å². The van der Waals surface area contributed by atoms with Gasteiger partial charge in [-0.1, -0.05) is 46.0 Å². The highest BCUT2D eigenvalue weighted by Gasteiger charge is 2.72. The zero-order chi connectivity index (χ0) is 58.9. The van der Waals surface area contributed by atoms with Crippen molar-refractivity contribution in [3.63, 3.8) is 0 Å². The first-order chi connectivity index (χ1) is 40.6. The van der Waals surface area contributed by atoms with Crippen LogP contribution in [0.5, 0.6) is 11.5 Å². The molecule has 28 heteroatoms. The highest BCUT2D eigenvalue weighted by atomic mass is 16.7. The Kier molecular flexibility index (Phi) is 15.4. The fraction of sp³-hybridized carbons (Fsp3) is 0.518. The molecular weight excluding hydrogens is 1090 g/mol. The van der Waals surface area contributed by atoms with Crippen molar-refractivity contribution in [1.82, 2.24) is 70.3 Å². The second-order valence-corrected chi connectivity index (χ2v) is 22.1. The Bertz CT molecular complexity index is 3320. The first kappa shape index (κ1) is 57.3. The lowest BCUT2D eigenvalue weighted by molar-refractivity contribution is -0.393. The molecule has 84 heavy (non-hydrogen) atoms. The quantitative estimate of drug-likeness (QED) is 0.0425. The number of nitrogens with one attached hydrogen (secondary N) is 1. The summed E-state index contributed by atoms with van der Waals surface area (Å²) in [4.78, 5) is 23.4. The van der Waals surface area contributed by atoms with Gasteiger partial charge < -0.3 is 75.2 Å². The maximum absolute atomic E-state index is 15.0. The molecule has 9 N–H and O–H groups in total. The Morgan fingerprint density at radius 2 is 1.27 bits per heavy atom. The molecule has 2 saturated heterocycles. The third kappa shape index (κ3) is 9.35. The van der Waals surface area contributed by atoms with Gasteiger partial charge in [-0.3, -0.25) is 24.1 Å². The number of rotatable bonds is 21. The fourth-order valence-corrected chi connectivity index (χ4v) is 13.4. The van der Waals surface area contributed by atoms with Crippen LogP contribution in [0.3, 0.4) is 0 Å². The highest BCUT2D eigenvalue weighted by molar-refractivity contribution is 6.02. The Labute approximate surface area is 483 Å². The number of ether oxygens (including phenoxy) is 3. The van der Waals surface area contributed by atoms with Gasteiger partial charge in [-0.15, -0.1) is 20.4 Å². The third-order valence-electron chi connectivity index (χ3n) is 17.6. The van der Waals surface area contributed by atoms with E-state index in [1.54, 1.807) is 35.0 Å². The Hall–Kier alpha value is -7.19. The molecule has 1 saturated carbocycles. The van der Waals surface area contributed by atoms with Gasteiger partial charge in [0.2, 0.25) is 0 Å². The Morgan fingerprint density at radius 3 is 1.89 bits per heavy atom. The number of amides is 1. The summed E-state index contributed by atoms with van der Waals surface area (Å²) in [7, 11) is 1.65. The minimum absolute atomic E-state index is 0.120. The number of anilines is 2. The average molecular weight is 1160 g/mol. The summed E-state index contributed by atoms with van der Waals surface area (Å²) in [6, 6.07) is 19.2. The number of hydrogen-bond acceptors (Lipinski definition) is 24. The lowest BCUT2D eigenvalue weighted by atomic mass is 9.74. The van der Waals surface area contributed by atoms with E-state index in [4.69, 9.17) is 14.2 Å². The number of fused-ring (bicyclic) bond motifs is 7. The molecule has 28 nitrogen and oxygen atoms in total. The molecule has 1 spiro atoms. The summed E-state index contributed by atoms with van der Waals surface area (Å²) in [5, 5.41) is 115. The van der Waals surface area contributed by atoms with E-state index >= 15 is 4.79 Å². The summed E-state index contributed by atoms with van der Waals surface area (Å²) in [6.45, 7) is 11.9. The van der Waals surface area contributed by atoms with Crippen LogP contribution < -0.4 is 20.0 Å². The van der Waals surface area contributed by atoms with Gasteiger partial charge in [-0.2, -0.15) is 0 Å². The van der Waals surface area contributed by atoms with Crippen LogP contribution in [0, 0.1) is 11.8 Å². The van der Waals surface area contributed by atoms with Crippen LogP contribution in [0.4, 0.5) is 11.4 Å². The molecule has 3 fully saturated rings. The number of aliphatic hydroxyl groups is 8. The van der Waals surface area contributed by atoms with E-state index in [2.05, 4.69) is 110 Å². The van der Waals surface area contributed by atoms with Crippen LogP contribution in [0.2, 0.25) is 0 Å². The number of carbonyl (C=O) groups excluding carboxylic acids is 1. The van der Waals surface area contributed by atoms with E-state index in [0.29, 0.717) is 52.9 Å². The lowest BCUT2D eigenvalue weighted by Crippen LogP contribution is -2.65. The summed E-state index contributed by atoms with van der Waals surface area (Å²) in [6.07, 6.45) is -3.14. The number of hydrazine groups is 2. The number of aryl methyl sites for hydroxylation is 2. The predicted octanol–water partition coefficient (Wildman–Crippen LogP) is -0.821. The van der Waals surface area contributed by atoms with E-state index < -0.39 is 85.5 Å². The van der Waals surface area contributed by atoms with Crippen molar-refractivity contribution in [2.75, 3.05) is 62.8 Å². The van der Waals surface area contributed by atoms with Crippen molar-refractivity contribution in [3.05, 3.63) is 130 Å². The van der Waals surface area contributed by atoms with Crippen LogP contribution in [0.15, 0.2) is 91.2 Å². The fourth-order valence-electron chi connectivity index (χ4n) is 13.4.